The lowest BCUT2D eigenvalue weighted by Crippen LogP contribution is -2.36. The first-order valence-electron chi connectivity index (χ1n) is 6.47. The molecule has 1 aromatic carbocycles. The smallest absolute Gasteiger partial charge is 0.111 e. The lowest BCUT2D eigenvalue weighted by Gasteiger charge is -2.20. The summed E-state index contributed by atoms with van der Waals surface area (Å²) in [6.07, 6.45) is 1.40. The first-order valence-corrected chi connectivity index (χ1v) is 7.29. The third-order valence-corrected chi connectivity index (χ3v) is 4.74. The third-order valence-electron chi connectivity index (χ3n) is 3.52. The summed E-state index contributed by atoms with van der Waals surface area (Å²) in [4.78, 5) is 4.69. The first kappa shape index (κ1) is 12.1. The third kappa shape index (κ3) is 2.28. The number of rotatable bonds is 3. The second-order valence-corrected chi connectivity index (χ2v) is 5.94. The first-order chi connectivity index (χ1) is 8.74. The molecule has 1 saturated heterocycles. The Morgan fingerprint density at radius 1 is 1.44 bits per heavy atom. The van der Waals surface area contributed by atoms with Crippen molar-refractivity contribution in [3.8, 4) is 0 Å². The number of fused-ring (bicyclic) bond motifs is 1. The van der Waals surface area contributed by atoms with Gasteiger partial charge < -0.3 is 10.1 Å². The average Bonchev–Trinajstić information content (AvgIpc) is 2.96. The van der Waals surface area contributed by atoms with Crippen LogP contribution >= 0.6 is 11.3 Å². The lowest BCUT2D eigenvalue weighted by molar-refractivity contribution is 0.111. The van der Waals surface area contributed by atoms with Crippen molar-refractivity contribution >= 4 is 21.6 Å². The minimum absolute atomic E-state index is 0.288. The van der Waals surface area contributed by atoms with Crippen LogP contribution in [0.4, 0.5) is 0 Å². The molecule has 1 aliphatic heterocycles. The molecule has 0 radical (unpaired) electrons. The molecule has 18 heavy (non-hydrogen) atoms. The molecule has 4 heteroatoms. The number of nitrogens with zero attached hydrogens (tertiary/aromatic N) is 1. The van der Waals surface area contributed by atoms with Crippen LogP contribution in [0.1, 0.15) is 31.3 Å². The van der Waals surface area contributed by atoms with E-state index in [0.717, 1.165) is 23.6 Å². The molecule has 0 aliphatic carbocycles. The molecule has 0 amide bonds. The van der Waals surface area contributed by atoms with E-state index in [1.54, 1.807) is 11.3 Å². The van der Waals surface area contributed by atoms with Crippen LogP contribution in [-0.4, -0.2) is 23.7 Å². The van der Waals surface area contributed by atoms with Gasteiger partial charge in [-0.15, -0.1) is 11.3 Å². The van der Waals surface area contributed by atoms with Gasteiger partial charge in [0.2, 0.25) is 0 Å². The highest BCUT2D eigenvalue weighted by Crippen LogP contribution is 2.27. The maximum Gasteiger partial charge on any atom is 0.111 e. The van der Waals surface area contributed by atoms with Crippen LogP contribution in [0.2, 0.25) is 0 Å². The molecule has 0 saturated carbocycles. The number of aromatic nitrogens is 1. The Balaban J connectivity index is 1.77. The Hall–Kier alpha value is -0.970. The number of ether oxygens (including phenoxy) is 1. The van der Waals surface area contributed by atoms with Gasteiger partial charge in [0.1, 0.15) is 5.01 Å². The molecule has 1 aromatic heterocycles. The van der Waals surface area contributed by atoms with Crippen molar-refractivity contribution in [3.05, 3.63) is 29.3 Å². The van der Waals surface area contributed by atoms with Crippen LogP contribution in [0.3, 0.4) is 0 Å². The fourth-order valence-corrected chi connectivity index (χ4v) is 3.40. The van der Waals surface area contributed by atoms with E-state index in [2.05, 4.69) is 37.4 Å². The quantitative estimate of drug-likeness (QED) is 0.923. The number of hydrogen-bond acceptors (Lipinski definition) is 4. The summed E-state index contributed by atoms with van der Waals surface area (Å²) in [5.41, 5.74) is 1.10. The molecule has 1 fully saturated rings. The maximum atomic E-state index is 5.58. The molecule has 96 valence electrons. The zero-order valence-corrected chi connectivity index (χ0v) is 11.5. The summed E-state index contributed by atoms with van der Waals surface area (Å²) >= 11 is 1.78. The Kier molecular flexibility index (Phi) is 3.33. The molecular formula is C14H18N2OS. The van der Waals surface area contributed by atoms with Crippen LogP contribution in [-0.2, 0) is 4.74 Å². The number of hydrogen-bond donors (Lipinski definition) is 1. The molecule has 3 atom stereocenters. The highest BCUT2D eigenvalue weighted by molar-refractivity contribution is 7.18. The summed E-state index contributed by atoms with van der Waals surface area (Å²) in [6, 6.07) is 9.04. The molecule has 3 rings (SSSR count). The van der Waals surface area contributed by atoms with Gasteiger partial charge in [-0.3, -0.25) is 0 Å². The molecule has 3 unspecified atom stereocenters. The van der Waals surface area contributed by atoms with E-state index in [1.165, 1.54) is 4.70 Å². The summed E-state index contributed by atoms with van der Waals surface area (Å²) in [6.45, 7) is 5.18. The van der Waals surface area contributed by atoms with E-state index in [-0.39, 0.29) is 6.04 Å². The Morgan fingerprint density at radius 3 is 3.00 bits per heavy atom. The molecular weight excluding hydrogens is 244 g/mol. The number of nitrogens with one attached hydrogen (secondary N) is 1. The van der Waals surface area contributed by atoms with Gasteiger partial charge in [-0.05, 0) is 32.4 Å². The molecule has 3 nitrogen and oxygen atoms in total. The fraction of sp³-hybridized carbons (Fsp3) is 0.500. The van der Waals surface area contributed by atoms with Crippen LogP contribution in [0.5, 0.6) is 0 Å². The lowest BCUT2D eigenvalue weighted by atomic mass is 10.1. The minimum atomic E-state index is 0.288. The van der Waals surface area contributed by atoms with Crippen molar-refractivity contribution in [2.45, 2.75) is 38.5 Å². The van der Waals surface area contributed by atoms with E-state index in [4.69, 9.17) is 9.72 Å². The molecule has 0 spiro atoms. The monoisotopic (exact) mass is 262 g/mol. The van der Waals surface area contributed by atoms with Crippen LogP contribution in [0, 0.1) is 0 Å². The largest absolute Gasteiger partial charge is 0.377 e. The Morgan fingerprint density at radius 2 is 2.28 bits per heavy atom. The summed E-state index contributed by atoms with van der Waals surface area (Å²) in [5, 5.41) is 4.79. The van der Waals surface area contributed by atoms with Crippen molar-refractivity contribution < 1.29 is 4.74 Å². The second kappa shape index (κ2) is 4.96. The van der Waals surface area contributed by atoms with Gasteiger partial charge in [0.15, 0.2) is 0 Å². The van der Waals surface area contributed by atoms with Gasteiger partial charge in [0.05, 0.1) is 22.4 Å². The maximum absolute atomic E-state index is 5.58. The Labute approximate surface area is 111 Å². The minimum Gasteiger partial charge on any atom is -0.377 e. The van der Waals surface area contributed by atoms with Gasteiger partial charge in [-0.2, -0.15) is 0 Å². The van der Waals surface area contributed by atoms with E-state index in [1.807, 2.05) is 6.07 Å². The molecule has 2 heterocycles. The summed E-state index contributed by atoms with van der Waals surface area (Å²) < 4.78 is 6.84. The molecule has 2 aromatic rings. The van der Waals surface area contributed by atoms with Gasteiger partial charge >= 0.3 is 0 Å². The van der Waals surface area contributed by atoms with E-state index >= 15 is 0 Å². The average molecular weight is 262 g/mol. The van der Waals surface area contributed by atoms with E-state index in [9.17, 15) is 0 Å². The van der Waals surface area contributed by atoms with Crippen molar-refractivity contribution in [1.29, 1.82) is 0 Å². The second-order valence-electron chi connectivity index (χ2n) is 4.88. The highest BCUT2D eigenvalue weighted by Gasteiger charge is 2.26. The van der Waals surface area contributed by atoms with Crippen molar-refractivity contribution in [2.75, 3.05) is 6.61 Å². The van der Waals surface area contributed by atoms with E-state index < -0.39 is 0 Å². The van der Waals surface area contributed by atoms with Crippen LogP contribution < -0.4 is 5.32 Å². The summed E-state index contributed by atoms with van der Waals surface area (Å²) in [7, 11) is 0. The number of thiazole rings is 1. The predicted octanol–water partition coefficient (Wildman–Crippen LogP) is 3.12. The number of para-hydroxylation sites is 1. The van der Waals surface area contributed by atoms with Gasteiger partial charge in [-0.1, -0.05) is 12.1 Å². The van der Waals surface area contributed by atoms with E-state index in [0.29, 0.717) is 12.1 Å². The van der Waals surface area contributed by atoms with Gasteiger partial charge in [-0.25, -0.2) is 4.98 Å². The highest BCUT2D eigenvalue weighted by atomic mass is 32.1. The molecule has 1 N–H and O–H groups in total. The van der Waals surface area contributed by atoms with Crippen LogP contribution in [0.15, 0.2) is 24.3 Å². The normalized spacial score (nSPS) is 25.7. The fourth-order valence-electron chi connectivity index (χ4n) is 2.42. The van der Waals surface area contributed by atoms with Crippen molar-refractivity contribution in [1.82, 2.24) is 10.3 Å². The zero-order valence-electron chi connectivity index (χ0n) is 10.7. The summed E-state index contributed by atoms with van der Waals surface area (Å²) in [5.74, 6) is 0. The van der Waals surface area contributed by atoms with Gasteiger partial charge in [0.25, 0.3) is 0 Å². The van der Waals surface area contributed by atoms with Crippen molar-refractivity contribution in [3.63, 3.8) is 0 Å². The SMILES string of the molecule is CC(NC1CCOC1C)c1nc2ccccc2s1. The molecule has 1 aliphatic rings. The topological polar surface area (TPSA) is 34.1 Å². The zero-order chi connectivity index (χ0) is 12.5. The van der Waals surface area contributed by atoms with Crippen molar-refractivity contribution in [2.24, 2.45) is 0 Å². The standard InChI is InChI=1S/C14H18N2OS/c1-9(15-11-7-8-17-10(11)2)14-16-12-5-3-4-6-13(12)18-14/h3-6,9-11,15H,7-8H2,1-2H3. The van der Waals surface area contributed by atoms with Crippen LogP contribution in [0.25, 0.3) is 10.2 Å². The number of benzene rings is 1. The van der Waals surface area contributed by atoms with Gasteiger partial charge in [0, 0.05) is 12.6 Å². The molecule has 0 bridgehead atoms. The Bertz CT molecular complexity index is 506. The predicted molar refractivity (Wildman–Crippen MR) is 75.0 cm³/mol.